The van der Waals surface area contributed by atoms with E-state index >= 15 is 0 Å². The molecule has 1 saturated heterocycles. The van der Waals surface area contributed by atoms with Gasteiger partial charge < -0.3 is 10.6 Å². The fourth-order valence-corrected chi connectivity index (χ4v) is 2.26. The lowest BCUT2D eigenvalue weighted by atomic mass is 10.1. The summed E-state index contributed by atoms with van der Waals surface area (Å²) in [6, 6.07) is 7.09. The highest BCUT2D eigenvalue weighted by Crippen LogP contribution is 2.22. The Bertz CT molecular complexity index is 332. The number of nitrogens with one attached hydrogen (secondary N) is 2. The van der Waals surface area contributed by atoms with Crippen LogP contribution in [0.25, 0.3) is 0 Å². The monoisotopic (exact) mass is 268 g/mol. The second kappa shape index (κ2) is 4.99. The normalized spacial score (nSPS) is 17.7. The molecule has 0 saturated carbocycles. The number of rotatable bonds is 2. The first-order valence-electron chi connectivity index (χ1n) is 5.49. The van der Waals surface area contributed by atoms with Gasteiger partial charge in [0.2, 0.25) is 0 Å². The molecule has 1 fully saturated rings. The van der Waals surface area contributed by atoms with E-state index in [1.807, 2.05) is 0 Å². The quantitative estimate of drug-likeness (QED) is 0.862. The molecule has 0 aromatic heterocycles. The number of anilines is 1. The van der Waals surface area contributed by atoms with Crippen molar-refractivity contribution in [2.45, 2.75) is 25.8 Å². The Labute approximate surface area is 99.6 Å². The van der Waals surface area contributed by atoms with Crippen molar-refractivity contribution in [3.8, 4) is 0 Å². The van der Waals surface area contributed by atoms with Crippen LogP contribution < -0.4 is 10.6 Å². The highest BCUT2D eigenvalue weighted by Gasteiger charge is 2.12. The number of hydrogen-bond acceptors (Lipinski definition) is 2. The summed E-state index contributed by atoms with van der Waals surface area (Å²) in [7, 11) is 0. The van der Waals surface area contributed by atoms with Gasteiger partial charge >= 0.3 is 0 Å². The molecule has 0 spiro atoms. The standard InChI is InChI=1S/C12H17BrN2/c1-9-2-3-11(8-12(9)13)15-10-4-6-14-7-5-10/h2-3,8,10,14-15H,4-7H2,1H3. The molecule has 0 unspecified atom stereocenters. The molecule has 3 heteroatoms. The van der Waals surface area contributed by atoms with Gasteiger partial charge in [0, 0.05) is 16.2 Å². The lowest BCUT2D eigenvalue weighted by Crippen LogP contribution is -2.35. The predicted molar refractivity (Wildman–Crippen MR) is 68.4 cm³/mol. The number of halogens is 1. The van der Waals surface area contributed by atoms with Crippen LogP contribution in [0.2, 0.25) is 0 Å². The SMILES string of the molecule is Cc1ccc(NC2CCNCC2)cc1Br. The van der Waals surface area contributed by atoms with E-state index in [0.29, 0.717) is 6.04 Å². The van der Waals surface area contributed by atoms with Crippen molar-refractivity contribution in [2.24, 2.45) is 0 Å². The lowest BCUT2D eigenvalue weighted by Gasteiger charge is -2.24. The van der Waals surface area contributed by atoms with E-state index in [1.54, 1.807) is 0 Å². The Hall–Kier alpha value is -0.540. The molecule has 2 nitrogen and oxygen atoms in total. The van der Waals surface area contributed by atoms with Crippen molar-refractivity contribution in [1.82, 2.24) is 5.32 Å². The zero-order valence-electron chi connectivity index (χ0n) is 9.02. The summed E-state index contributed by atoms with van der Waals surface area (Å²) >= 11 is 3.56. The molecule has 1 heterocycles. The molecule has 2 rings (SSSR count). The molecule has 1 aliphatic rings. The molecule has 0 amide bonds. The molecular weight excluding hydrogens is 252 g/mol. The van der Waals surface area contributed by atoms with Gasteiger partial charge in [-0.3, -0.25) is 0 Å². The van der Waals surface area contributed by atoms with Crippen molar-refractivity contribution in [2.75, 3.05) is 18.4 Å². The first-order chi connectivity index (χ1) is 7.25. The molecule has 0 aliphatic carbocycles. The molecule has 0 radical (unpaired) electrons. The molecule has 15 heavy (non-hydrogen) atoms. The van der Waals surface area contributed by atoms with Gasteiger partial charge in [-0.15, -0.1) is 0 Å². The molecular formula is C12H17BrN2. The molecule has 1 aromatic carbocycles. The van der Waals surface area contributed by atoms with Crippen molar-refractivity contribution < 1.29 is 0 Å². The average Bonchev–Trinajstić information content (AvgIpc) is 2.25. The van der Waals surface area contributed by atoms with E-state index in [4.69, 9.17) is 0 Å². The average molecular weight is 269 g/mol. The summed E-state index contributed by atoms with van der Waals surface area (Å²) in [4.78, 5) is 0. The zero-order chi connectivity index (χ0) is 10.7. The Morgan fingerprint density at radius 2 is 2.07 bits per heavy atom. The van der Waals surface area contributed by atoms with Gasteiger partial charge in [-0.25, -0.2) is 0 Å². The summed E-state index contributed by atoms with van der Waals surface area (Å²) in [5.74, 6) is 0. The van der Waals surface area contributed by atoms with Crippen LogP contribution in [0.3, 0.4) is 0 Å². The minimum Gasteiger partial charge on any atom is -0.382 e. The molecule has 0 bridgehead atoms. The van der Waals surface area contributed by atoms with Crippen LogP contribution in [0.1, 0.15) is 18.4 Å². The van der Waals surface area contributed by atoms with Gasteiger partial charge in [-0.2, -0.15) is 0 Å². The smallest absolute Gasteiger partial charge is 0.0353 e. The summed E-state index contributed by atoms with van der Waals surface area (Å²) in [6.45, 7) is 4.37. The van der Waals surface area contributed by atoms with Crippen LogP contribution in [-0.4, -0.2) is 19.1 Å². The van der Waals surface area contributed by atoms with Crippen LogP contribution in [0.4, 0.5) is 5.69 Å². The van der Waals surface area contributed by atoms with E-state index < -0.39 is 0 Å². The highest BCUT2D eigenvalue weighted by molar-refractivity contribution is 9.10. The maximum Gasteiger partial charge on any atom is 0.0353 e. The van der Waals surface area contributed by atoms with Crippen LogP contribution in [0.5, 0.6) is 0 Å². The third-order valence-corrected chi connectivity index (χ3v) is 3.74. The van der Waals surface area contributed by atoms with E-state index in [2.05, 4.69) is 51.7 Å². The van der Waals surface area contributed by atoms with Crippen molar-refractivity contribution >= 4 is 21.6 Å². The van der Waals surface area contributed by atoms with Gasteiger partial charge in [0.25, 0.3) is 0 Å². The maximum atomic E-state index is 3.58. The number of hydrogen-bond donors (Lipinski definition) is 2. The Morgan fingerprint density at radius 1 is 1.33 bits per heavy atom. The van der Waals surface area contributed by atoms with Crippen LogP contribution in [0, 0.1) is 6.92 Å². The third kappa shape index (κ3) is 2.95. The van der Waals surface area contributed by atoms with Crippen molar-refractivity contribution in [3.63, 3.8) is 0 Å². The second-order valence-corrected chi connectivity index (χ2v) is 4.99. The van der Waals surface area contributed by atoms with Gasteiger partial charge in [-0.05, 0) is 50.6 Å². The first-order valence-corrected chi connectivity index (χ1v) is 6.28. The number of aryl methyl sites for hydroxylation is 1. The van der Waals surface area contributed by atoms with Crippen LogP contribution >= 0.6 is 15.9 Å². The molecule has 1 aromatic rings. The second-order valence-electron chi connectivity index (χ2n) is 4.13. The van der Waals surface area contributed by atoms with Crippen LogP contribution in [0.15, 0.2) is 22.7 Å². The summed E-state index contributed by atoms with van der Waals surface area (Å²) in [5, 5.41) is 6.95. The fraction of sp³-hybridized carbons (Fsp3) is 0.500. The zero-order valence-corrected chi connectivity index (χ0v) is 10.6. The molecule has 0 atom stereocenters. The first kappa shape index (κ1) is 11.0. The van der Waals surface area contributed by atoms with Gasteiger partial charge in [-0.1, -0.05) is 22.0 Å². The minimum absolute atomic E-state index is 0.626. The highest BCUT2D eigenvalue weighted by atomic mass is 79.9. The predicted octanol–water partition coefficient (Wildman–Crippen LogP) is 2.92. The topological polar surface area (TPSA) is 24.1 Å². The van der Waals surface area contributed by atoms with E-state index in [-0.39, 0.29) is 0 Å². The lowest BCUT2D eigenvalue weighted by molar-refractivity contribution is 0.479. The maximum absolute atomic E-state index is 3.58. The third-order valence-electron chi connectivity index (χ3n) is 2.88. The van der Waals surface area contributed by atoms with Gasteiger partial charge in [0.1, 0.15) is 0 Å². The summed E-state index contributed by atoms with van der Waals surface area (Å²) in [5.41, 5.74) is 2.50. The molecule has 1 aliphatic heterocycles. The van der Waals surface area contributed by atoms with Crippen LogP contribution in [-0.2, 0) is 0 Å². The van der Waals surface area contributed by atoms with Gasteiger partial charge in [0.15, 0.2) is 0 Å². The van der Waals surface area contributed by atoms with Crippen molar-refractivity contribution in [1.29, 1.82) is 0 Å². The summed E-state index contributed by atoms with van der Waals surface area (Å²) in [6.07, 6.45) is 2.43. The van der Waals surface area contributed by atoms with Crippen molar-refractivity contribution in [3.05, 3.63) is 28.2 Å². The Morgan fingerprint density at radius 3 is 2.73 bits per heavy atom. The van der Waals surface area contributed by atoms with Gasteiger partial charge in [0.05, 0.1) is 0 Å². The largest absolute Gasteiger partial charge is 0.382 e. The Kier molecular flexibility index (Phi) is 3.65. The van der Waals surface area contributed by atoms with E-state index in [0.717, 1.165) is 13.1 Å². The fourth-order valence-electron chi connectivity index (χ4n) is 1.88. The summed E-state index contributed by atoms with van der Waals surface area (Å²) < 4.78 is 1.18. The number of piperidine rings is 1. The number of benzene rings is 1. The van der Waals surface area contributed by atoms with E-state index in [1.165, 1.54) is 28.6 Å². The molecule has 2 N–H and O–H groups in total. The molecule has 82 valence electrons. The minimum atomic E-state index is 0.626. The Balaban J connectivity index is 2.00. The van der Waals surface area contributed by atoms with E-state index in [9.17, 15) is 0 Å².